The van der Waals surface area contributed by atoms with E-state index in [-0.39, 0.29) is 10.8 Å². The van der Waals surface area contributed by atoms with Gasteiger partial charge >= 0.3 is 0 Å². The van der Waals surface area contributed by atoms with Crippen LogP contribution >= 0.6 is 11.8 Å². The summed E-state index contributed by atoms with van der Waals surface area (Å²) in [6.45, 7) is 6.06. The first-order valence-corrected chi connectivity index (χ1v) is 11.9. The Labute approximate surface area is 201 Å². The summed E-state index contributed by atoms with van der Waals surface area (Å²) in [5.74, 6) is 0.435. The van der Waals surface area contributed by atoms with Crippen LogP contribution in [0.4, 0.5) is 0 Å². The van der Waals surface area contributed by atoms with Crippen LogP contribution < -0.4 is 5.56 Å². The van der Waals surface area contributed by atoms with Crippen molar-refractivity contribution in [2.75, 3.05) is 0 Å². The molecule has 0 saturated carbocycles. The van der Waals surface area contributed by atoms with E-state index in [1.54, 1.807) is 4.57 Å². The monoisotopic (exact) mass is 465 g/mol. The van der Waals surface area contributed by atoms with Crippen molar-refractivity contribution in [3.05, 3.63) is 99.3 Å². The minimum absolute atomic E-state index is 0.143. The minimum Gasteiger partial charge on any atom is -0.268 e. The normalized spacial score (nSPS) is 12.2. The van der Waals surface area contributed by atoms with Gasteiger partial charge < -0.3 is 0 Å². The second kappa shape index (κ2) is 8.81. The lowest BCUT2D eigenvalue weighted by Crippen LogP contribution is -2.22. The summed E-state index contributed by atoms with van der Waals surface area (Å²) in [7, 11) is 0. The van der Waals surface area contributed by atoms with Gasteiger partial charge in [-0.15, -0.1) is 10.2 Å². The number of hydrogen-bond acceptors (Lipinski definition) is 5. The molecule has 5 aromatic rings. The molecule has 6 nitrogen and oxygen atoms in total. The highest BCUT2D eigenvalue weighted by molar-refractivity contribution is 8.00. The van der Waals surface area contributed by atoms with E-state index in [1.807, 2.05) is 67.6 Å². The number of thioether (sulfide) groups is 1. The third-order valence-electron chi connectivity index (χ3n) is 5.92. The van der Waals surface area contributed by atoms with Crippen molar-refractivity contribution in [1.29, 1.82) is 5.26 Å². The lowest BCUT2D eigenvalue weighted by atomic mass is 10.1. The minimum atomic E-state index is -0.352. The third kappa shape index (κ3) is 3.87. The summed E-state index contributed by atoms with van der Waals surface area (Å²) in [5, 5.41) is 19.5. The van der Waals surface area contributed by atoms with E-state index < -0.39 is 0 Å². The molecule has 3 aromatic carbocycles. The van der Waals surface area contributed by atoms with Gasteiger partial charge in [0.1, 0.15) is 5.25 Å². The molecule has 0 aliphatic carbocycles. The van der Waals surface area contributed by atoms with Crippen molar-refractivity contribution in [2.45, 2.75) is 37.6 Å². The number of fused-ring (bicyclic) bond motifs is 3. The molecule has 0 spiro atoms. The van der Waals surface area contributed by atoms with Crippen LogP contribution in [0.3, 0.4) is 0 Å². The number of nitrogens with zero attached hydrogens (tertiary/aromatic N) is 5. The van der Waals surface area contributed by atoms with E-state index in [9.17, 15) is 10.1 Å². The average molecular weight is 466 g/mol. The highest BCUT2D eigenvalue weighted by atomic mass is 32.2. The summed E-state index contributed by atoms with van der Waals surface area (Å²) in [4.78, 5) is 13.6. The zero-order valence-electron chi connectivity index (χ0n) is 19.2. The Morgan fingerprint density at radius 1 is 0.971 bits per heavy atom. The van der Waals surface area contributed by atoms with Gasteiger partial charge in [0.05, 0.1) is 22.7 Å². The molecule has 0 bridgehead atoms. The zero-order chi connectivity index (χ0) is 23.8. The van der Waals surface area contributed by atoms with E-state index in [0.717, 1.165) is 27.9 Å². The molecule has 2 aromatic heterocycles. The number of para-hydroxylation sites is 1. The standard InChI is InChI=1S/C27H23N5OS/c1-17-8-11-20(12-9-17)15-21(16-28)34-27-30-29-26-31(23-13-10-18(2)14-19(23)3)25(33)22-6-4-5-7-24(22)32(26)27/h4-14,21H,15H2,1-3H3. The van der Waals surface area contributed by atoms with Gasteiger partial charge in [-0.05, 0) is 56.5 Å². The molecule has 0 N–H and O–H groups in total. The molecule has 5 rings (SSSR count). The Bertz CT molecular complexity index is 1630. The molecule has 0 aliphatic rings. The summed E-state index contributed by atoms with van der Waals surface area (Å²) in [6, 6.07) is 24.0. The largest absolute Gasteiger partial charge is 0.268 e. The molecule has 34 heavy (non-hydrogen) atoms. The fourth-order valence-electron chi connectivity index (χ4n) is 4.21. The highest BCUT2D eigenvalue weighted by Gasteiger charge is 2.21. The van der Waals surface area contributed by atoms with Crippen LogP contribution in [0.2, 0.25) is 0 Å². The van der Waals surface area contributed by atoms with Gasteiger partial charge in [0.2, 0.25) is 5.78 Å². The fourth-order valence-corrected chi connectivity index (χ4v) is 5.16. The molecule has 0 amide bonds. The molecule has 2 heterocycles. The molecule has 1 unspecified atom stereocenters. The van der Waals surface area contributed by atoms with Crippen molar-refractivity contribution in [2.24, 2.45) is 0 Å². The summed E-state index contributed by atoms with van der Waals surface area (Å²) in [5.41, 5.74) is 5.73. The summed E-state index contributed by atoms with van der Waals surface area (Å²) < 4.78 is 3.51. The highest BCUT2D eigenvalue weighted by Crippen LogP contribution is 2.28. The van der Waals surface area contributed by atoms with E-state index in [0.29, 0.717) is 22.7 Å². The Morgan fingerprint density at radius 2 is 1.71 bits per heavy atom. The van der Waals surface area contributed by atoms with Crippen molar-refractivity contribution < 1.29 is 0 Å². The zero-order valence-corrected chi connectivity index (χ0v) is 20.0. The first-order chi connectivity index (χ1) is 16.5. The molecule has 0 fully saturated rings. The number of aryl methyl sites for hydroxylation is 3. The second-order valence-corrected chi connectivity index (χ2v) is 9.66. The van der Waals surface area contributed by atoms with Crippen LogP contribution in [0, 0.1) is 32.1 Å². The van der Waals surface area contributed by atoms with Crippen molar-refractivity contribution in [3.63, 3.8) is 0 Å². The fraction of sp³-hybridized carbons (Fsp3) is 0.185. The lowest BCUT2D eigenvalue weighted by molar-refractivity contribution is 0.917. The van der Waals surface area contributed by atoms with Crippen molar-refractivity contribution >= 4 is 28.4 Å². The molecule has 1 atom stereocenters. The van der Waals surface area contributed by atoms with Gasteiger partial charge in [0.15, 0.2) is 5.16 Å². The van der Waals surface area contributed by atoms with Crippen LogP contribution in [0.1, 0.15) is 22.3 Å². The first-order valence-electron chi connectivity index (χ1n) is 11.0. The van der Waals surface area contributed by atoms with Crippen LogP contribution in [-0.2, 0) is 6.42 Å². The Kier molecular flexibility index (Phi) is 5.68. The smallest absolute Gasteiger partial charge is 0.267 e. The van der Waals surface area contributed by atoms with Crippen molar-refractivity contribution in [1.82, 2.24) is 19.2 Å². The summed E-state index contributed by atoms with van der Waals surface area (Å²) in [6.07, 6.45) is 0.588. The summed E-state index contributed by atoms with van der Waals surface area (Å²) >= 11 is 1.37. The first kappa shape index (κ1) is 21.9. The molecule has 168 valence electrons. The Hall–Kier alpha value is -3.89. The van der Waals surface area contributed by atoms with E-state index >= 15 is 0 Å². The maximum absolute atomic E-state index is 13.6. The third-order valence-corrected chi connectivity index (χ3v) is 6.95. The van der Waals surface area contributed by atoms with Crippen molar-refractivity contribution in [3.8, 4) is 11.8 Å². The number of hydrogen-bond donors (Lipinski definition) is 0. The van der Waals surface area contributed by atoms with Gasteiger partial charge in [-0.1, -0.05) is 71.4 Å². The van der Waals surface area contributed by atoms with Crippen LogP contribution in [-0.4, -0.2) is 24.4 Å². The van der Waals surface area contributed by atoms with Gasteiger partial charge in [0, 0.05) is 0 Å². The maximum Gasteiger partial charge on any atom is 0.267 e. The van der Waals surface area contributed by atoms with Crippen LogP contribution in [0.15, 0.2) is 76.7 Å². The number of nitriles is 1. The predicted molar refractivity (Wildman–Crippen MR) is 136 cm³/mol. The topological polar surface area (TPSA) is 76.0 Å². The molecular formula is C27H23N5OS. The predicted octanol–water partition coefficient (Wildman–Crippen LogP) is 5.19. The molecule has 7 heteroatoms. The van der Waals surface area contributed by atoms with E-state index in [1.165, 1.54) is 17.3 Å². The van der Waals surface area contributed by atoms with Gasteiger partial charge in [0.25, 0.3) is 5.56 Å². The van der Waals surface area contributed by atoms with Gasteiger partial charge in [-0.2, -0.15) is 5.26 Å². The van der Waals surface area contributed by atoms with E-state index in [2.05, 4.69) is 40.5 Å². The second-order valence-electron chi connectivity index (χ2n) is 8.49. The van der Waals surface area contributed by atoms with Crippen LogP contribution in [0.25, 0.3) is 22.4 Å². The molecule has 0 aliphatic heterocycles. The van der Waals surface area contributed by atoms with Crippen LogP contribution in [0.5, 0.6) is 0 Å². The maximum atomic E-state index is 13.6. The molecular weight excluding hydrogens is 442 g/mol. The quantitative estimate of drug-likeness (QED) is 0.334. The van der Waals surface area contributed by atoms with Gasteiger partial charge in [-0.25, -0.2) is 4.57 Å². The average Bonchev–Trinajstić information content (AvgIpc) is 3.24. The Morgan fingerprint density at radius 3 is 2.44 bits per heavy atom. The number of rotatable bonds is 5. The van der Waals surface area contributed by atoms with E-state index in [4.69, 9.17) is 0 Å². The van der Waals surface area contributed by atoms with Gasteiger partial charge in [-0.3, -0.25) is 9.20 Å². The molecule has 0 radical (unpaired) electrons. The Balaban J connectivity index is 1.67. The number of benzene rings is 3. The SMILES string of the molecule is Cc1ccc(CC(C#N)Sc2nnc3n(-c4ccc(C)cc4C)c(=O)c4ccccc4n23)cc1. The molecule has 0 saturated heterocycles. The lowest BCUT2D eigenvalue weighted by Gasteiger charge is -2.14. The number of aromatic nitrogens is 4.